The van der Waals surface area contributed by atoms with Crippen LogP contribution in [0.3, 0.4) is 0 Å². The fourth-order valence-corrected chi connectivity index (χ4v) is 3.15. The summed E-state index contributed by atoms with van der Waals surface area (Å²) in [5.74, 6) is 0.969. The Bertz CT molecular complexity index is 883. The van der Waals surface area contributed by atoms with Gasteiger partial charge in [0.05, 0.1) is 11.6 Å². The average molecular weight is 350 g/mol. The highest BCUT2D eigenvalue weighted by Crippen LogP contribution is 2.30. The van der Waals surface area contributed by atoms with E-state index in [0.29, 0.717) is 30.2 Å². The molecule has 1 aliphatic heterocycles. The Labute approximate surface area is 150 Å². The van der Waals surface area contributed by atoms with Crippen LogP contribution in [0, 0.1) is 0 Å². The lowest BCUT2D eigenvalue weighted by atomic mass is 10.1. The van der Waals surface area contributed by atoms with E-state index in [4.69, 9.17) is 4.52 Å². The summed E-state index contributed by atoms with van der Waals surface area (Å²) in [6.07, 6.45) is 7.30. The summed E-state index contributed by atoms with van der Waals surface area (Å²) in [7, 11) is 1.98. The van der Waals surface area contributed by atoms with Crippen molar-refractivity contribution in [3.63, 3.8) is 0 Å². The smallest absolute Gasteiger partial charge is 0.253 e. The number of nitrogens with one attached hydrogen (secondary N) is 1. The Morgan fingerprint density at radius 3 is 2.85 bits per heavy atom. The third-order valence-electron chi connectivity index (χ3n) is 4.47. The van der Waals surface area contributed by atoms with Gasteiger partial charge in [-0.1, -0.05) is 5.16 Å². The van der Waals surface area contributed by atoms with E-state index in [-0.39, 0.29) is 18.0 Å². The number of amides is 1. The summed E-state index contributed by atoms with van der Waals surface area (Å²) in [6, 6.07) is 7.15. The molecule has 8 nitrogen and oxygen atoms in total. The summed E-state index contributed by atoms with van der Waals surface area (Å²) in [5, 5.41) is 7.11. The number of nitrogens with zero attached hydrogens (tertiary/aromatic N) is 5. The molecule has 132 valence electrons. The van der Waals surface area contributed by atoms with Gasteiger partial charge in [0, 0.05) is 42.9 Å². The largest absolute Gasteiger partial charge is 0.348 e. The van der Waals surface area contributed by atoms with E-state index in [1.54, 1.807) is 36.9 Å². The van der Waals surface area contributed by atoms with Crippen molar-refractivity contribution >= 4 is 5.91 Å². The van der Waals surface area contributed by atoms with Crippen LogP contribution in [-0.4, -0.2) is 50.5 Å². The molecule has 0 unspecified atom stereocenters. The van der Waals surface area contributed by atoms with Gasteiger partial charge >= 0.3 is 0 Å². The molecular formula is C18H18N6O2. The van der Waals surface area contributed by atoms with Gasteiger partial charge in [-0.05, 0) is 37.7 Å². The summed E-state index contributed by atoms with van der Waals surface area (Å²) < 4.78 is 5.47. The van der Waals surface area contributed by atoms with E-state index < -0.39 is 0 Å². The molecule has 0 aromatic carbocycles. The Balaban J connectivity index is 1.44. The van der Waals surface area contributed by atoms with Crippen LogP contribution in [-0.2, 0) is 0 Å². The van der Waals surface area contributed by atoms with Gasteiger partial charge in [0.25, 0.3) is 5.91 Å². The van der Waals surface area contributed by atoms with E-state index in [0.717, 1.165) is 5.56 Å². The summed E-state index contributed by atoms with van der Waals surface area (Å²) in [5.41, 5.74) is 1.41. The van der Waals surface area contributed by atoms with Gasteiger partial charge in [-0.3, -0.25) is 19.7 Å². The maximum absolute atomic E-state index is 12.3. The standard InChI is InChI=1S/C18H18N6O2/c1-24-11-14(21-17(25)13-3-2-6-20-10-13)9-15(24)18-22-16(23-26-18)12-4-7-19-8-5-12/h2-8,10,14-15H,9,11H2,1H3,(H,21,25)/t14-,15-/m0/s1. The lowest BCUT2D eigenvalue weighted by Gasteiger charge is -2.14. The van der Waals surface area contributed by atoms with E-state index in [2.05, 4.69) is 30.3 Å². The Hall–Kier alpha value is -3.13. The first kappa shape index (κ1) is 16.3. The van der Waals surface area contributed by atoms with Crippen molar-refractivity contribution in [2.45, 2.75) is 18.5 Å². The number of likely N-dealkylation sites (N-methyl/N-ethyl adjacent to an activating group) is 1. The summed E-state index contributed by atoms with van der Waals surface area (Å²) >= 11 is 0. The number of hydrogen-bond acceptors (Lipinski definition) is 7. The molecule has 1 aliphatic rings. The van der Waals surface area contributed by atoms with E-state index >= 15 is 0 Å². The molecule has 26 heavy (non-hydrogen) atoms. The fraction of sp³-hybridized carbons (Fsp3) is 0.278. The molecule has 0 radical (unpaired) electrons. The zero-order valence-electron chi connectivity index (χ0n) is 14.2. The van der Waals surface area contributed by atoms with Gasteiger partial charge in [0.2, 0.25) is 11.7 Å². The lowest BCUT2D eigenvalue weighted by Crippen LogP contribution is -2.36. The molecule has 0 spiro atoms. The van der Waals surface area contributed by atoms with Gasteiger partial charge in [-0.25, -0.2) is 0 Å². The number of hydrogen-bond donors (Lipinski definition) is 1. The Morgan fingerprint density at radius 2 is 2.08 bits per heavy atom. The SMILES string of the molecule is CN1C[C@@H](NC(=O)c2cccnc2)C[C@H]1c1nc(-c2ccncc2)no1. The van der Waals surface area contributed by atoms with Gasteiger partial charge in [-0.2, -0.15) is 4.98 Å². The summed E-state index contributed by atoms with van der Waals surface area (Å²) in [6.45, 7) is 0.712. The molecule has 4 heterocycles. The monoisotopic (exact) mass is 350 g/mol. The zero-order chi connectivity index (χ0) is 17.9. The molecule has 0 bridgehead atoms. The van der Waals surface area contributed by atoms with Gasteiger partial charge in [0.15, 0.2) is 0 Å². The quantitative estimate of drug-likeness (QED) is 0.765. The van der Waals surface area contributed by atoms with E-state index in [1.807, 2.05) is 19.2 Å². The number of rotatable bonds is 4. The highest BCUT2D eigenvalue weighted by atomic mass is 16.5. The highest BCUT2D eigenvalue weighted by molar-refractivity contribution is 5.94. The van der Waals surface area contributed by atoms with Crippen LogP contribution in [0.1, 0.15) is 28.7 Å². The molecular weight excluding hydrogens is 332 g/mol. The molecule has 8 heteroatoms. The topological polar surface area (TPSA) is 97.0 Å². The molecule has 1 fully saturated rings. The van der Waals surface area contributed by atoms with E-state index in [1.165, 1.54) is 0 Å². The predicted molar refractivity (Wildman–Crippen MR) is 93.0 cm³/mol. The van der Waals surface area contributed by atoms with Crippen molar-refractivity contribution in [3.8, 4) is 11.4 Å². The Morgan fingerprint density at radius 1 is 1.23 bits per heavy atom. The van der Waals surface area contributed by atoms with Crippen LogP contribution in [0.4, 0.5) is 0 Å². The van der Waals surface area contributed by atoms with Crippen molar-refractivity contribution < 1.29 is 9.32 Å². The maximum atomic E-state index is 12.3. The van der Waals surface area contributed by atoms with Crippen molar-refractivity contribution in [2.75, 3.05) is 13.6 Å². The number of pyridine rings is 2. The Kier molecular flexibility index (Phi) is 4.40. The van der Waals surface area contributed by atoms with Crippen molar-refractivity contribution in [1.82, 2.24) is 30.3 Å². The molecule has 1 saturated heterocycles. The van der Waals surface area contributed by atoms with Crippen LogP contribution < -0.4 is 5.32 Å². The van der Waals surface area contributed by atoms with Crippen molar-refractivity contribution in [2.24, 2.45) is 0 Å². The first-order valence-corrected chi connectivity index (χ1v) is 8.36. The van der Waals surface area contributed by atoms with E-state index in [9.17, 15) is 4.79 Å². The number of aromatic nitrogens is 4. The number of carbonyl (C=O) groups excluding carboxylic acids is 1. The summed E-state index contributed by atoms with van der Waals surface area (Å²) in [4.78, 5) is 26.9. The third-order valence-corrected chi connectivity index (χ3v) is 4.47. The molecule has 0 saturated carbocycles. The minimum atomic E-state index is -0.125. The van der Waals surface area contributed by atoms with Crippen LogP contribution >= 0.6 is 0 Å². The molecule has 2 atom stereocenters. The fourth-order valence-electron chi connectivity index (χ4n) is 3.15. The van der Waals surface area contributed by atoms with Gasteiger partial charge < -0.3 is 9.84 Å². The predicted octanol–water partition coefficient (Wildman–Crippen LogP) is 1.70. The van der Waals surface area contributed by atoms with Crippen LogP contribution in [0.25, 0.3) is 11.4 Å². The second-order valence-corrected chi connectivity index (χ2v) is 6.30. The molecule has 1 N–H and O–H groups in total. The molecule has 1 amide bonds. The van der Waals surface area contributed by atoms with Crippen molar-refractivity contribution in [1.29, 1.82) is 0 Å². The average Bonchev–Trinajstić information content (AvgIpc) is 3.30. The van der Waals surface area contributed by atoms with Crippen LogP contribution in [0.5, 0.6) is 0 Å². The molecule has 3 aromatic rings. The highest BCUT2D eigenvalue weighted by Gasteiger charge is 2.35. The lowest BCUT2D eigenvalue weighted by molar-refractivity contribution is 0.0938. The number of carbonyl (C=O) groups is 1. The minimum Gasteiger partial charge on any atom is -0.348 e. The van der Waals surface area contributed by atoms with Crippen LogP contribution in [0.15, 0.2) is 53.6 Å². The molecule has 3 aromatic heterocycles. The first-order valence-electron chi connectivity index (χ1n) is 8.36. The minimum absolute atomic E-state index is 0.00832. The second kappa shape index (κ2) is 7.01. The zero-order valence-corrected chi connectivity index (χ0v) is 14.2. The van der Waals surface area contributed by atoms with Gasteiger partial charge in [0.1, 0.15) is 0 Å². The maximum Gasteiger partial charge on any atom is 0.253 e. The number of likely N-dealkylation sites (tertiary alicyclic amines) is 1. The first-order chi connectivity index (χ1) is 12.7. The van der Waals surface area contributed by atoms with Crippen molar-refractivity contribution in [3.05, 3.63) is 60.5 Å². The molecule has 4 rings (SSSR count). The second-order valence-electron chi connectivity index (χ2n) is 6.30. The molecule has 0 aliphatic carbocycles. The van der Waals surface area contributed by atoms with Gasteiger partial charge in [-0.15, -0.1) is 0 Å². The third kappa shape index (κ3) is 3.31. The van der Waals surface area contributed by atoms with Crippen LogP contribution in [0.2, 0.25) is 0 Å². The normalized spacial score (nSPS) is 20.2.